The van der Waals surface area contributed by atoms with Gasteiger partial charge in [-0.15, -0.1) is 0 Å². The highest BCUT2D eigenvalue weighted by Crippen LogP contribution is 2.23. The van der Waals surface area contributed by atoms with Gasteiger partial charge in [0.2, 0.25) is 15.9 Å². The third-order valence-corrected chi connectivity index (χ3v) is 9.24. The Labute approximate surface area is 250 Å². The van der Waals surface area contributed by atoms with E-state index in [9.17, 15) is 18.0 Å². The summed E-state index contributed by atoms with van der Waals surface area (Å²) >= 11 is 0. The first-order chi connectivity index (χ1) is 20.9. The third-order valence-electron chi connectivity index (χ3n) is 7.39. The van der Waals surface area contributed by atoms with Crippen LogP contribution in [0.4, 0.5) is 0 Å². The quantitative estimate of drug-likeness (QED) is 0.343. The molecule has 2 aromatic heterocycles. The summed E-state index contributed by atoms with van der Waals surface area (Å²) in [6, 6.07) is 16.8. The van der Waals surface area contributed by atoms with Crippen molar-refractivity contribution in [3.05, 3.63) is 88.9 Å². The molecule has 1 aliphatic heterocycles. The Morgan fingerprint density at radius 3 is 2.58 bits per heavy atom. The number of amides is 1. The molecular weight excluding hydrogens is 570 g/mol. The van der Waals surface area contributed by atoms with Crippen LogP contribution in [0.3, 0.4) is 0 Å². The summed E-state index contributed by atoms with van der Waals surface area (Å²) in [6.07, 6.45) is 6.14. The highest BCUT2D eigenvalue weighted by molar-refractivity contribution is 7.88. The van der Waals surface area contributed by atoms with Crippen LogP contribution in [0.15, 0.2) is 71.8 Å². The number of H-pyrrole nitrogens is 2. The summed E-state index contributed by atoms with van der Waals surface area (Å²) < 4.78 is 36.5. The molecule has 0 saturated carbocycles. The average Bonchev–Trinajstić information content (AvgIpc) is 3.64. The lowest BCUT2D eigenvalue weighted by Crippen LogP contribution is -2.37. The fourth-order valence-electron chi connectivity index (χ4n) is 5.20. The second-order valence-electron chi connectivity index (χ2n) is 10.5. The minimum atomic E-state index is -3.61. The summed E-state index contributed by atoms with van der Waals surface area (Å²) in [7, 11) is -3.61. The van der Waals surface area contributed by atoms with Crippen LogP contribution in [0.1, 0.15) is 37.1 Å². The Kier molecular flexibility index (Phi) is 10.1. The number of ether oxygens (including phenoxy) is 1. The first kappa shape index (κ1) is 30.2. The van der Waals surface area contributed by atoms with E-state index in [4.69, 9.17) is 4.74 Å². The van der Waals surface area contributed by atoms with Crippen molar-refractivity contribution in [3.63, 3.8) is 0 Å². The molecule has 43 heavy (non-hydrogen) atoms. The Morgan fingerprint density at radius 2 is 1.77 bits per heavy atom. The number of sulfonamides is 1. The van der Waals surface area contributed by atoms with Gasteiger partial charge in [0.15, 0.2) is 0 Å². The number of hydrogen-bond acceptors (Lipinski definition) is 7. The van der Waals surface area contributed by atoms with Crippen LogP contribution >= 0.6 is 0 Å². The van der Waals surface area contributed by atoms with Gasteiger partial charge in [0.25, 0.3) is 0 Å². The first-order valence-corrected chi connectivity index (χ1v) is 16.2. The monoisotopic (exact) mass is 607 g/mol. The highest BCUT2D eigenvalue weighted by atomic mass is 32.2. The molecule has 0 atom stereocenters. The number of aromatic amines is 2. The maximum Gasteiger partial charge on any atom is 0.340 e. The summed E-state index contributed by atoms with van der Waals surface area (Å²) in [6.45, 7) is 2.43. The number of nitrogens with one attached hydrogen (secondary N) is 2. The smallest absolute Gasteiger partial charge is 0.340 e. The Morgan fingerprint density at radius 1 is 0.953 bits per heavy atom. The predicted octanol–water partition coefficient (Wildman–Crippen LogP) is 2.82. The number of carbonyl (C=O) groups excluding carboxylic acids is 1. The minimum Gasteiger partial charge on any atom is -0.492 e. The first-order valence-electron chi connectivity index (χ1n) is 14.5. The van der Waals surface area contributed by atoms with Gasteiger partial charge in [-0.3, -0.25) is 9.78 Å². The fourth-order valence-corrected chi connectivity index (χ4v) is 6.75. The van der Waals surface area contributed by atoms with Crippen LogP contribution in [0, 0.1) is 0 Å². The van der Waals surface area contributed by atoms with Gasteiger partial charge in [-0.25, -0.2) is 23.3 Å². The molecule has 13 heteroatoms. The molecule has 2 N–H and O–H groups in total. The normalized spacial score (nSPS) is 15.8. The molecule has 0 radical (unpaired) electrons. The van der Waals surface area contributed by atoms with E-state index >= 15 is 0 Å². The second kappa shape index (κ2) is 14.3. The van der Waals surface area contributed by atoms with Crippen molar-refractivity contribution in [3.8, 4) is 17.1 Å². The van der Waals surface area contributed by atoms with E-state index in [1.165, 1.54) is 4.31 Å². The number of fused-ring (bicyclic) bond motifs is 4. The van der Waals surface area contributed by atoms with Gasteiger partial charge in [0, 0.05) is 63.5 Å². The van der Waals surface area contributed by atoms with Crippen molar-refractivity contribution in [1.82, 2.24) is 33.9 Å². The second-order valence-corrected chi connectivity index (χ2v) is 12.5. The zero-order valence-electron chi connectivity index (χ0n) is 24.0. The molecule has 0 saturated heterocycles. The molecule has 5 rings (SSSR count). The topological polar surface area (TPSA) is 146 Å². The Hall–Kier alpha value is -4.23. The third kappa shape index (κ3) is 8.42. The number of rotatable bonds is 6. The van der Waals surface area contributed by atoms with Crippen LogP contribution in [0.5, 0.6) is 5.75 Å². The van der Waals surface area contributed by atoms with E-state index in [0.717, 1.165) is 17.0 Å². The van der Waals surface area contributed by atoms with Crippen molar-refractivity contribution in [2.75, 3.05) is 32.8 Å². The number of carbonyl (C=O) groups is 1. The average molecular weight is 608 g/mol. The van der Waals surface area contributed by atoms with Crippen LogP contribution < -0.4 is 10.4 Å². The Bertz CT molecular complexity index is 1650. The molecule has 4 aromatic rings. The van der Waals surface area contributed by atoms with Gasteiger partial charge < -0.3 is 14.2 Å². The summed E-state index contributed by atoms with van der Waals surface area (Å²) in [5.74, 6) is 1.75. The van der Waals surface area contributed by atoms with Crippen molar-refractivity contribution in [2.45, 2.75) is 44.4 Å². The lowest BCUT2D eigenvalue weighted by Gasteiger charge is -2.25. The molecule has 228 valence electrons. The zero-order valence-corrected chi connectivity index (χ0v) is 24.8. The molecule has 0 aliphatic carbocycles. The standard InChI is InChI=1S/C30H37N7O5S/c38-28(13-12-27-32-30(39)34-33-27)35-15-4-5-18-37(43(40,41)23-24-8-2-1-3-9-24)20-21-42-26-11-6-10-25(22-26)29-31-14-19-36(29)17-7-16-35/h1-3,6,8-11,14,19,22H,4-5,7,12-13,15-18,20-21,23H2,(H2,32,33,34,39). The molecule has 0 spiro atoms. The highest BCUT2D eigenvalue weighted by Gasteiger charge is 2.23. The lowest BCUT2D eigenvalue weighted by atomic mass is 10.2. The van der Waals surface area contributed by atoms with Gasteiger partial charge in [0.1, 0.15) is 24.0 Å². The molecule has 1 amide bonds. The molecule has 2 bridgehead atoms. The van der Waals surface area contributed by atoms with Crippen molar-refractivity contribution in [2.24, 2.45) is 0 Å². The molecule has 12 nitrogen and oxygen atoms in total. The fraction of sp³-hybridized carbons (Fsp3) is 0.400. The molecular formula is C30H37N7O5S. The van der Waals surface area contributed by atoms with E-state index in [2.05, 4.69) is 24.7 Å². The zero-order chi connectivity index (χ0) is 30.1. The number of hydrogen-bond donors (Lipinski definition) is 2. The van der Waals surface area contributed by atoms with E-state index in [0.29, 0.717) is 63.4 Å². The van der Waals surface area contributed by atoms with Gasteiger partial charge >= 0.3 is 5.69 Å². The molecule has 3 heterocycles. The van der Waals surface area contributed by atoms with Crippen LogP contribution in [0.2, 0.25) is 0 Å². The van der Waals surface area contributed by atoms with Gasteiger partial charge in [-0.2, -0.15) is 9.40 Å². The summed E-state index contributed by atoms with van der Waals surface area (Å²) in [5, 5.41) is 6.23. The van der Waals surface area contributed by atoms with E-state index in [-0.39, 0.29) is 31.2 Å². The summed E-state index contributed by atoms with van der Waals surface area (Å²) in [5.41, 5.74) is 1.22. The van der Waals surface area contributed by atoms with Crippen molar-refractivity contribution < 1.29 is 17.9 Å². The largest absolute Gasteiger partial charge is 0.492 e. The minimum absolute atomic E-state index is 0.0396. The SMILES string of the molecule is O=C(CCc1n[nH]c(=O)[nH]1)N1CCCCN(S(=O)(=O)Cc2ccccc2)CCOc2cccc(c2)-c2nccn2CCC1. The van der Waals surface area contributed by atoms with Crippen molar-refractivity contribution >= 4 is 15.9 Å². The number of nitrogens with zero attached hydrogens (tertiary/aromatic N) is 5. The van der Waals surface area contributed by atoms with E-state index in [1.807, 2.05) is 65.7 Å². The van der Waals surface area contributed by atoms with Gasteiger partial charge in [-0.1, -0.05) is 42.5 Å². The van der Waals surface area contributed by atoms with Gasteiger partial charge in [-0.05, 0) is 37.0 Å². The number of benzene rings is 2. The van der Waals surface area contributed by atoms with E-state index < -0.39 is 15.7 Å². The predicted molar refractivity (Wildman–Crippen MR) is 162 cm³/mol. The molecule has 0 fully saturated rings. The molecule has 1 aliphatic rings. The van der Waals surface area contributed by atoms with Crippen LogP contribution in [-0.4, -0.2) is 81.0 Å². The van der Waals surface area contributed by atoms with Gasteiger partial charge in [0.05, 0.1) is 5.75 Å². The molecule has 0 unspecified atom stereocenters. The maximum absolute atomic E-state index is 13.5. The van der Waals surface area contributed by atoms with Crippen molar-refractivity contribution in [1.29, 1.82) is 0 Å². The number of imidazole rings is 1. The van der Waals surface area contributed by atoms with Crippen LogP contribution in [0.25, 0.3) is 11.4 Å². The van der Waals surface area contributed by atoms with E-state index in [1.54, 1.807) is 6.20 Å². The number of aromatic nitrogens is 5. The molecule has 2 aromatic carbocycles. The lowest BCUT2D eigenvalue weighted by molar-refractivity contribution is -0.131. The Balaban J connectivity index is 1.34. The number of aryl methyl sites for hydroxylation is 2. The maximum atomic E-state index is 13.5. The summed E-state index contributed by atoms with van der Waals surface area (Å²) in [4.78, 5) is 33.6. The van der Waals surface area contributed by atoms with Crippen LogP contribution in [-0.2, 0) is 33.5 Å².